The zero-order valence-corrected chi connectivity index (χ0v) is 11.7. The number of fused-ring (bicyclic) bond motifs is 1. The van der Waals surface area contributed by atoms with Gasteiger partial charge in [0.1, 0.15) is 11.9 Å². The van der Waals surface area contributed by atoms with E-state index in [0.29, 0.717) is 17.2 Å². The molecule has 2 rings (SSSR count). The van der Waals surface area contributed by atoms with Crippen LogP contribution in [0.4, 0.5) is 9.52 Å². The van der Waals surface area contributed by atoms with Gasteiger partial charge in [-0.1, -0.05) is 18.3 Å². The van der Waals surface area contributed by atoms with Crippen molar-refractivity contribution in [2.45, 2.75) is 26.3 Å². The molecule has 6 heteroatoms. The summed E-state index contributed by atoms with van der Waals surface area (Å²) in [5, 5.41) is 6.47. The van der Waals surface area contributed by atoms with E-state index in [1.54, 1.807) is 13.0 Å². The Morgan fingerprint density at radius 2 is 2.32 bits per heavy atom. The quantitative estimate of drug-likeness (QED) is 0.886. The molecule has 1 aromatic carbocycles. The van der Waals surface area contributed by atoms with Crippen LogP contribution in [0.1, 0.15) is 20.3 Å². The molecule has 2 N–H and O–H groups in total. The van der Waals surface area contributed by atoms with Crippen LogP contribution in [0, 0.1) is 5.82 Å². The third-order valence-corrected chi connectivity index (χ3v) is 3.60. The first kappa shape index (κ1) is 13.7. The molecule has 0 aliphatic heterocycles. The Kier molecular flexibility index (Phi) is 4.31. The largest absolute Gasteiger partial charge is 0.354 e. The lowest BCUT2D eigenvalue weighted by atomic mass is 10.3. The first-order chi connectivity index (χ1) is 9.10. The van der Waals surface area contributed by atoms with Crippen LogP contribution in [-0.2, 0) is 4.79 Å². The Labute approximate surface area is 115 Å². The van der Waals surface area contributed by atoms with Crippen molar-refractivity contribution in [3.05, 3.63) is 24.0 Å². The highest BCUT2D eigenvalue weighted by Gasteiger charge is 2.14. The zero-order valence-electron chi connectivity index (χ0n) is 10.9. The van der Waals surface area contributed by atoms with Crippen molar-refractivity contribution in [1.82, 2.24) is 10.3 Å². The van der Waals surface area contributed by atoms with Crippen LogP contribution in [-0.4, -0.2) is 23.5 Å². The van der Waals surface area contributed by atoms with Crippen molar-refractivity contribution in [2.75, 3.05) is 11.9 Å². The van der Waals surface area contributed by atoms with E-state index in [1.165, 1.54) is 23.5 Å². The van der Waals surface area contributed by atoms with Crippen LogP contribution < -0.4 is 10.6 Å². The fourth-order valence-electron chi connectivity index (χ4n) is 1.61. The van der Waals surface area contributed by atoms with Crippen molar-refractivity contribution in [3.8, 4) is 0 Å². The second-order valence-corrected chi connectivity index (χ2v) is 5.32. The van der Waals surface area contributed by atoms with Gasteiger partial charge in [0.05, 0.1) is 10.2 Å². The van der Waals surface area contributed by atoms with E-state index in [2.05, 4.69) is 15.6 Å². The molecular formula is C13H16FN3OS. The Balaban J connectivity index is 2.06. The van der Waals surface area contributed by atoms with Gasteiger partial charge in [0.25, 0.3) is 0 Å². The molecule has 1 heterocycles. The van der Waals surface area contributed by atoms with Crippen LogP contribution >= 0.6 is 11.3 Å². The molecule has 4 nitrogen and oxygen atoms in total. The molecule has 19 heavy (non-hydrogen) atoms. The maximum atomic E-state index is 13.1. The lowest BCUT2D eigenvalue weighted by Crippen LogP contribution is -2.37. The predicted octanol–water partition coefficient (Wildman–Crippen LogP) is 2.76. The molecule has 1 aromatic heterocycles. The highest BCUT2D eigenvalue weighted by atomic mass is 32.1. The van der Waals surface area contributed by atoms with E-state index in [1.807, 2.05) is 6.92 Å². The van der Waals surface area contributed by atoms with Gasteiger partial charge in [-0.2, -0.15) is 0 Å². The number of anilines is 1. The van der Waals surface area contributed by atoms with E-state index in [-0.39, 0.29) is 17.8 Å². The molecule has 0 bridgehead atoms. The molecule has 1 unspecified atom stereocenters. The van der Waals surface area contributed by atoms with Crippen molar-refractivity contribution in [3.63, 3.8) is 0 Å². The van der Waals surface area contributed by atoms with Crippen LogP contribution in [0.25, 0.3) is 10.2 Å². The molecule has 102 valence electrons. The van der Waals surface area contributed by atoms with E-state index >= 15 is 0 Å². The van der Waals surface area contributed by atoms with E-state index in [9.17, 15) is 9.18 Å². The number of amides is 1. The Morgan fingerprint density at radius 3 is 3.05 bits per heavy atom. The number of rotatable bonds is 5. The number of hydrogen-bond donors (Lipinski definition) is 2. The number of aromatic nitrogens is 1. The van der Waals surface area contributed by atoms with E-state index in [0.717, 1.165) is 11.1 Å². The number of benzene rings is 1. The number of hydrogen-bond acceptors (Lipinski definition) is 4. The van der Waals surface area contributed by atoms with E-state index < -0.39 is 0 Å². The summed E-state index contributed by atoms with van der Waals surface area (Å²) in [6, 6.07) is 4.12. The Bertz CT molecular complexity index is 584. The van der Waals surface area contributed by atoms with Crippen LogP contribution in [0.15, 0.2) is 18.2 Å². The molecule has 0 fully saturated rings. The predicted molar refractivity (Wildman–Crippen MR) is 76.0 cm³/mol. The Morgan fingerprint density at radius 1 is 1.53 bits per heavy atom. The highest BCUT2D eigenvalue weighted by molar-refractivity contribution is 7.22. The first-order valence-electron chi connectivity index (χ1n) is 6.20. The van der Waals surface area contributed by atoms with Crippen molar-refractivity contribution < 1.29 is 9.18 Å². The second-order valence-electron chi connectivity index (χ2n) is 4.29. The molecule has 0 aliphatic rings. The number of halogens is 1. The molecule has 0 saturated carbocycles. The summed E-state index contributed by atoms with van der Waals surface area (Å²) in [5.74, 6) is -0.370. The van der Waals surface area contributed by atoms with Gasteiger partial charge in [-0.25, -0.2) is 9.37 Å². The standard InChI is InChI=1S/C13H16FN3OS/c1-3-6-15-12(18)8(2)16-13-17-10-7-9(14)4-5-11(10)19-13/h4-5,7-8H,3,6H2,1-2H3,(H,15,18)(H,16,17). The summed E-state index contributed by atoms with van der Waals surface area (Å²) in [5.41, 5.74) is 0.605. The minimum Gasteiger partial charge on any atom is -0.354 e. The van der Waals surface area contributed by atoms with Gasteiger partial charge in [0, 0.05) is 12.6 Å². The number of nitrogens with zero attached hydrogens (tertiary/aromatic N) is 1. The number of nitrogens with one attached hydrogen (secondary N) is 2. The minimum atomic E-state index is -0.364. The summed E-state index contributed by atoms with van der Waals surface area (Å²) in [7, 11) is 0. The summed E-state index contributed by atoms with van der Waals surface area (Å²) in [6.45, 7) is 4.44. The lowest BCUT2D eigenvalue weighted by Gasteiger charge is -2.12. The van der Waals surface area contributed by atoms with Gasteiger partial charge in [-0.05, 0) is 25.5 Å². The van der Waals surface area contributed by atoms with Crippen LogP contribution in [0.5, 0.6) is 0 Å². The monoisotopic (exact) mass is 281 g/mol. The molecule has 0 radical (unpaired) electrons. The smallest absolute Gasteiger partial charge is 0.242 e. The summed E-state index contributed by atoms with van der Waals surface area (Å²) >= 11 is 1.41. The molecule has 0 spiro atoms. The number of thiazole rings is 1. The Hall–Kier alpha value is -1.69. The zero-order chi connectivity index (χ0) is 13.8. The fraction of sp³-hybridized carbons (Fsp3) is 0.385. The van der Waals surface area contributed by atoms with Crippen molar-refractivity contribution in [2.24, 2.45) is 0 Å². The minimum absolute atomic E-state index is 0.0627. The van der Waals surface area contributed by atoms with Crippen LogP contribution in [0.3, 0.4) is 0 Å². The summed E-state index contributed by atoms with van der Waals surface area (Å²) in [4.78, 5) is 16.0. The molecule has 1 amide bonds. The molecule has 0 saturated heterocycles. The van der Waals surface area contributed by atoms with Crippen LogP contribution in [0.2, 0.25) is 0 Å². The second kappa shape index (κ2) is 5.97. The summed E-state index contributed by atoms with van der Waals surface area (Å²) in [6.07, 6.45) is 0.902. The van der Waals surface area contributed by atoms with Crippen molar-refractivity contribution >= 4 is 32.6 Å². The fourth-order valence-corrected chi connectivity index (χ4v) is 2.55. The first-order valence-corrected chi connectivity index (χ1v) is 7.02. The molecule has 0 aliphatic carbocycles. The SMILES string of the molecule is CCCNC(=O)C(C)Nc1nc2cc(F)ccc2s1. The van der Waals surface area contributed by atoms with Gasteiger partial charge in [-0.15, -0.1) is 0 Å². The average Bonchev–Trinajstić information content (AvgIpc) is 2.77. The summed E-state index contributed by atoms with van der Waals surface area (Å²) < 4.78 is 13.9. The lowest BCUT2D eigenvalue weighted by molar-refractivity contribution is -0.121. The topological polar surface area (TPSA) is 54.0 Å². The van der Waals surface area contributed by atoms with Gasteiger partial charge in [0.2, 0.25) is 5.91 Å². The molecule has 1 atom stereocenters. The third kappa shape index (κ3) is 3.41. The van der Waals surface area contributed by atoms with Gasteiger partial charge in [0.15, 0.2) is 5.13 Å². The molecular weight excluding hydrogens is 265 g/mol. The van der Waals surface area contributed by atoms with Gasteiger partial charge < -0.3 is 10.6 Å². The highest BCUT2D eigenvalue weighted by Crippen LogP contribution is 2.26. The molecule has 2 aromatic rings. The maximum Gasteiger partial charge on any atom is 0.242 e. The van der Waals surface area contributed by atoms with E-state index in [4.69, 9.17) is 0 Å². The number of carbonyl (C=O) groups is 1. The van der Waals surface area contributed by atoms with Crippen molar-refractivity contribution in [1.29, 1.82) is 0 Å². The van der Waals surface area contributed by atoms with Gasteiger partial charge in [-0.3, -0.25) is 4.79 Å². The maximum absolute atomic E-state index is 13.1. The normalized spacial score (nSPS) is 12.4. The third-order valence-electron chi connectivity index (χ3n) is 2.63. The van der Waals surface area contributed by atoms with Gasteiger partial charge >= 0.3 is 0 Å². The average molecular weight is 281 g/mol. The number of carbonyl (C=O) groups excluding carboxylic acids is 1.